The van der Waals surface area contributed by atoms with Crippen molar-refractivity contribution >= 4 is 5.78 Å². The first-order valence-electron chi connectivity index (χ1n) is 5.00. The second kappa shape index (κ2) is 5.05. The quantitative estimate of drug-likeness (QED) is 0.723. The number of carbonyl (C=O) groups is 1. The first-order chi connectivity index (χ1) is 7.38. The standard InChI is InChI=1S/C12H14F2O2/c1-9(15)10-3-5-11(6-4-10)16-8-7-12(2,13)14/h3-6H,7-8H2,1-2H3. The summed E-state index contributed by atoms with van der Waals surface area (Å²) in [6, 6.07) is 6.43. The van der Waals surface area contributed by atoms with Gasteiger partial charge in [0.25, 0.3) is 0 Å². The third-order valence-corrected chi connectivity index (χ3v) is 2.07. The molecule has 0 aromatic heterocycles. The van der Waals surface area contributed by atoms with Crippen LogP contribution in [0.4, 0.5) is 8.78 Å². The van der Waals surface area contributed by atoms with Crippen LogP contribution < -0.4 is 4.74 Å². The Hall–Kier alpha value is -1.45. The number of ether oxygens (including phenoxy) is 1. The van der Waals surface area contributed by atoms with Crippen LogP contribution in [0.5, 0.6) is 5.75 Å². The van der Waals surface area contributed by atoms with Gasteiger partial charge in [-0.1, -0.05) is 0 Å². The van der Waals surface area contributed by atoms with Crippen LogP contribution in [0.1, 0.15) is 30.6 Å². The van der Waals surface area contributed by atoms with Crippen molar-refractivity contribution in [3.8, 4) is 5.75 Å². The van der Waals surface area contributed by atoms with Gasteiger partial charge >= 0.3 is 0 Å². The third-order valence-electron chi connectivity index (χ3n) is 2.07. The van der Waals surface area contributed by atoms with Crippen molar-refractivity contribution in [2.45, 2.75) is 26.2 Å². The van der Waals surface area contributed by atoms with Gasteiger partial charge in [-0.2, -0.15) is 0 Å². The van der Waals surface area contributed by atoms with Gasteiger partial charge in [0.2, 0.25) is 5.92 Å². The Balaban J connectivity index is 2.47. The number of hydrogen-bond acceptors (Lipinski definition) is 2. The highest BCUT2D eigenvalue weighted by molar-refractivity contribution is 5.94. The van der Waals surface area contributed by atoms with Crippen LogP contribution in [0, 0.1) is 0 Å². The van der Waals surface area contributed by atoms with Crippen LogP contribution >= 0.6 is 0 Å². The number of rotatable bonds is 5. The highest BCUT2D eigenvalue weighted by Crippen LogP contribution is 2.18. The molecule has 2 nitrogen and oxygen atoms in total. The summed E-state index contributed by atoms with van der Waals surface area (Å²) in [5, 5.41) is 0. The molecule has 0 aliphatic heterocycles. The van der Waals surface area contributed by atoms with E-state index in [-0.39, 0.29) is 18.8 Å². The molecule has 0 atom stereocenters. The Morgan fingerprint density at radius 1 is 1.31 bits per heavy atom. The van der Waals surface area contributed by atoms with E-state index in [0.29, 0.717) is 11.3 Å². The predicted molar refractivity (Wildman–Crippen MR) is 57.2 cm³/mol. The maximum atomic E-state index is 12.5. The summed E-state index contributed by atoms with van der Waals surface area (Å²) in [5.41, 5.74) is 0.577. The number of alkyl halides is 2. The Kier molecular flexibility index (Phi) is 3.99. The van der Waals surface area contributed by atoms with Gasteiger partial charge in [0.05, 0.1) is 6.61 Å². The molecule has 0 spiro atoms. The molecule has 0 amide bonds. The van der Waals surface area contributed by atoms with E-state index < -0.39 is 5.92 Å². The summed E-state index contributed by atoms with van der Waals surface area (Å²) in [6.07, 6.45) is -0.318. The highest BCUT2D eigenvalue weighted by atomic mass is 19.3. The van der Waals surface area contributed by atoms with Crippen LogP contribution in [0.3, 0.4) is 0 Å². The van der Waals surface area contributed by atoms with Crippen LogP contribution in [-0.4, -0.2) is 18.3 Å². The second-order valence-corrected chi connectivity index (χ2v) is 3.75. The Bertz CT molecular complexity index is 352. The van der Waals surface area contributed by atoms with Gasteiger partial charge in [0.15, 0.2) is 5.78 Å². The van der Waals surface area contributed by atoms with Gasteiger partial charge in [0.1, 0.15) is 5.75 Å². The van der Waals surface area contributed by atoms with E-state index in [1.54, 1.807) is 24.3 Å². The number of halogens is 2. The molecule has 0 saturated heterocycles. The zero-order valence-corrected chi connectivity index (χ0v) is 9.30. The molecule has 1 rings (SSSR count). The van der Waals surface area contributed by atoms with Crippen LogP contribution in [0.2, 0.25) is 0 Å². The lowest BCUT2D eigenvalue weighted by Crippen LogP contribution is -2.14. The molecular formula is C12H14F2O2. The van der Waals surface area contributed by atoms with Gasteiger partial charge in [-0.05, 0) is 38.1 Å². The van der Waals surface area contributed by atoms with Crippen molar-refractivity contribution in [1.82, 2.24) is 0 Å². The minimum Gasteiger partial charge on any atom is -0.493 e. The summed E-state index contributed by atoms with van der Waals surface area (Å²) in [7, 11) is 0. The van der Waals surface area contributed by atoms with E-state index >= 15 is 0 Å². The number of carbonyl (C=O) groups excluding carboxylic acids is 1. The fourth-order valence-corrected chi connectivity index (χ4v) is 1.13. The molecule has 1 aromatic carbocycles. The first kappa shape index (κ1) is 12.6. The van der Waals surface area contributed by atoms with Gasteiger partial charge < -0.3 is 4.74 Å². The molecule has 0 aliphatic carbocycles. The normalized spacial score (nSPS) is 11.2. The molecule has 16 heavy (non-hydrogen) atoms. The number of Topliss-reactive ketones (excluding diaryl/α,β-unsaturated/α-hetero) is 1. The summed E-state index contributed by atoms with van der Waals surface area (Å²) < 4.78 is 30.1. The van der Waals surface area contributed by atoms with Crippen molar-refractivity contribution in [2.75, 3.05) is 6.61 Å². The van der Waals surface area contributed by atoms with E-state index in [2.05, 4.69) is 0 Å². The summed E-state index contributed by atoms with van der Waals surface area (Å²) >= 11 is 0. The second-order valence-electron chi connectivity index (χ2n) is 3.75. The predicted octanol–water partition coefficient (Wildman–Crippen LogP) is 3.31. The SMILES string of the molecule is CC(=O)c1ccc(OCCC(C)(F)F)cc1. The van der Waals surface area contributed by atoms with Gasteiger partial charge in [-0.15, -0.1) is 0 Å². The Morgan fingerprint density at radius 3 is 2.31 bits per heavy atom. The average molecular weight is 228 g/mol. The fraction of sp³-hybridized carbons (Fsp3) is 0.417. The summed E-state index contributed by atoms with van der Waals surface area (Å²) in [5.74, 6) is -2.25. The molecule has 0 unspecified atom stereocenters. The van der Waals surface area contributed by atoms with Crippen LogP contribution in [-0.2, 0) is 0 Å². The minimum absolute atomic E-state index is 0.0355. The smallest absolute Gasteiger partial charge is 0.248 e. The molecule has 0 aliphatic rings. The lowest BCUT2D eigenvalue weighted by molar-refractivity contribution is 0.000863. The van der Waals surface area contributed by atoms with E-state index in [1.807, 2.05) is 0 Å². The maximum absolute atomic E-state index is 12.5. The lowest BCUT2D eigenvalue weighted by Gasteiger charge is -2.11. The van der Waals surface area contributed by atoms with E-state index in [9.17, 15) is 13.6 Å². The number of ketones is 1. The van der Waals surface area contributed by atoms with Gasteiger partial charge in [0, 0.05) is 12.0 Å². The molecule has 4 heteroatoms. The molecule has 0 bridgehead atoms. The minimum atomic E-state index is -2.71. The van der Waals surface area contributed by atoms with Crippen molar-refractivity contribution < 1.29 is 18.3 Å². The van der Waals surface area contributed by atoms with Crippen molar-refractivity contribution in [3.63, 3.8) is 0 Å². The van der Waals surface area contributed by atoms with Crippen molar-refractivity contribution in [1.29, 1.82) is 0 Å². The maximum Gasteiger partial charge on any atom is 0.248 e. The average Bonchev–Trinajstić information content (AvgIpc) is 2.16. The molecular weight excluding hydrogens is 214 g/mol. The summed E-state index contributed by atoms with van der Waals surface area (Å²) in [4.78, 5) is 11.0. The monoisotopic (exact) mass is 228 g/mol. The van der Waals surface area contributed by atoms with Crippen molar-refractivity contribution in [3.05, 3.63) is 29.8 Å². The first-order valence-corrected chi connectivity index (χ1v) is 5.00. The van der Waals surface area contributed by atoms with Crippen LogP contribution in [0.25, 0.3) is 0 Å². The molecule has 0 radical (unpaired) electrons. The molecule has 1 aromatic rings. The highest BCUT2D eigenvalue weighted by Gasteiger charge is 2.20. The molecule has 0 fully saturated rings. The zero-order chi connectivity index (χ0) is 12.2. The third kappa shape index (κ3) is 4.38. The molecule has 0 N–H and O–H groups in total. The summed E-state index contributed by atoms with van der Waals surface area (Å²) in [6.45, 7) is 2.28. The topological polar surface area (TPSA) is 26.3 Å². The van der Waals surface area contributed by atoms with Gasteiger partial charge in [-0.25, -0.2) is 8.78 Å². The Morgan fingerprint density at radius 2 is 1.88 bits per heavy atom. The largest absolute Gasteiger partial charge is 0.493 e. The van der Waals surface area contributed by atoms with E-state index in [1.165, 1.54) is 6.92 Å². The lowest BCUT2D eigenvalue weighted by atomic mass is 10.1. The van der Waals surface area contributed by atoms with Crippen molar-refractivity contribution in [2.24, 2.45) is 0 Å². The number of benzene rings is 1. The Labute approximate surface area is 93.2 Å². The van der Waals surface area contributed by atoms with Gasteiger partial charge in [-0.3, -0.25) is 4.79 Å². The molecule has 0 heterocycles. The fourth-order valence-electron chi connectivity index (χ4n) is 1.13. The van der Waals surface area contributed by atoms with Crippen LogP contribution in [0.15, 0.2) is 24.3 Å². The number of hydrogen-bond donors (Lipinski definition) is 0. The molecule has 88 valence electrons. The van der Waals surface area contributed by atoms with E-state index in [0.717, 1.165) is 6.92 Å². The van der Waals surface area contributed by atoms with E-state index in [4.69, 9.17) is 4.74 Å². The molecule has 0 saturated carbocycles. The zero-order valence-electron chi connectivity index (χ0n) is 9.30.